The van der Waals surface area contributed by atoms with Crippen LogP contribution in [0.2, 0.25) is 0 Å². The fraction of sp³-hybridized carbons (Fsp3) is 1.00. The topological polar surface area (TPSA) is 20.2 Å². The molecule has 54 valence electrons. The molecule has 0 spiro atoms. The number of aliphatic hydroxyl groups is 1. The zero-order valence-electron chi connectivity index (χ0n) is 6.52. The van der Waals surface area contributed by atoms with Gasteiger partial charge in [-0.15, -0.1) is 0 Å². The van der Waals surface area contributed by atoms with Gasteiger partial charge in [0.2, 0.25) is 0 Å². The summed E-state index contributed by atoms with van der Waals surface area (Å²) in [5, 5.41) is 9.57. The molecule has 0 aromatic carbocycles. The Hall–Kier alpha value is -0.0400. The Morgan fingerprint density at radius 3 is 1.78 bits per heavy atom. The quantitative estimate of drug-likeness (QED) is 0.601. The minimum atomic E-state index is -0.270. The van der Waals surface area contributed by atoms with E-state index in [9.17, 15) is 5.11 Å². The minimum absolute atomic E-state index is 0.270. The average Bonchev–Trinajstić information content (AvgIpc) is 2.47. The van der Waals surface area contributed by atoms with Gasteiger partial charge in [-0.3, -0.25) is 0 Å². The predicted molar refractivity (Wildman–Crippen MR) is 38.2 cm³/mol. The monoisotopic (exact) mass is 128 g/mol. The van der Waals surface area contributed by atoms with Crippen molar-refractivity contribution in [3.05, 3.63) is 0 Å². The summed E-state index contributed by atoms with van der Waals surface area (Å²) >= 11 is 0. The second kappa shape index (κ2) is 1.98. The third-order valence-corrected chi connectivity index (χ3v) is 2.61. The van der Waals surface area contributed by atoms with Gasteiger partial charge in [-0.2, -0.15) is 0 Å². The molecular formula is C8H16O. The molecule has 1 N–H and O–H groups in total. The van der Waals surface area contributed by atoms with Crippen molar-refractivity contribution in [3.8, 4) is 0 Å². The summed E-state index contributed by atoms with van der Waals surface area (Å²) in [4.78, 5) is 0. The molecule has 0 amide bonds. The van der Waals surface area contributed by atoms with Crippen molar-refractivity contribution < 1.29 is 5.11 Å². The first-order chi connectivity index (χ1) is 4.06. The van der Waals surface area contributed by atoms with E-state index in [1.165, 1.54) is 0 Å². The van der Waals surface area contributed by atoms with Gasteiger partial charge in [0.15, 0.2) is 0 Å². The van der Waals surface area contributed by atoms with Crippen molar-refractivity contribution in [2.45, 2.75) is 39.2 Å². The van der Waals surface area contributed by atoms with Crippen LogP contribution in [-0.4, -0.2) is 10.7 Å². The Labute approximate surface area is 57.1 Å². The highest BCUT2D eigenvalue weighted by molar-refractivity contribution is 4.98. The van der Waals surface area contributed by atoms with Gasteiger partial charge in [0.05, 0.1) is 5.60 Å². The van der Waals surface area contributed by atoms with Gasteiger partial charge in [-0.25, -0.2) is 0 Å². The first-order valence-corrected chi connectivity index (χ1v) is 3.78. The smallest absolute Gasteiger partial charge is 0.0677 e. The molecule has 1 unspecified atom stereocenters. The fourth-order valence-corrected chi connectivity index (χ4v) is 1.20. The van der Waals surface area contributed by atoms with Crippen LogP contribution in [0.15, 0.2) is 0 Å². The Bertz CT molecular complexity index is 103. The molecule has 1 nitrogen and oxygen atoms in total. The molecule has 1 heteroatoms. The van der Waals surface area contributed by atoms with Crippen molar-refractivity contribution in [1.29, 1.82) is 0 Å². The lowest BCUT2D eigenvalue weighted by Crippen LogP contribution is -2.23. The van der Waals surface area contributed by atoms with Gasteiger partial charge >= 0.3 is 0 Å². The van der Waals surface area contributed by atoms with Crippen LogP contribution in [0.4, 0.5) is 0 Å². The molecule has 0 aromatic rings. The molecular weight excluding hydrogens is 112 g/mol. The van der Waals surface area contributed by atoms with Crippen LogP contribution >= 0.6 is 0 Å². The summed E-state index contributed by atoms with van der Waals surface area (Å²) < 4.78 is 0. The average molecular weight is 128 g/mol. The summed E-state index contributed by atoms with van der Waals surface area (Å²) in [6.07, 6.45) is 2.04. The molecule has 0 aromatic heterocycles. The van der Waals surface area contributed by atoms with Gasteiger partial charge in [0.25, 0.3) is 0 Å². The number of hydrogen-bond donors (Lipinski definition) is 1. The van der Waals surface area contributed by atoms with Crippen molar-refractivity contribution in [3.63, 3.8) is 0 Å². The Morgan fingerprint density at radius 1 is 1.22 bits per heavy atom. The molecule has 0 aliphatic heterocycles. The lowest BCUT2D eigenvalue weighted by Gasteiger charge is -2.20. The summed E-state index contributed by atoms with van der Waals surface area (Å²) in [7, 11) is 0. The zero-order chi connectivity index (χ0) is 7.07. The van der Waals surface area contributed by atoms with Gasteiger partial charge < -0.3 is 5.11 Å². The molecule has 0 bridgehead atoms. The molecule has 1 rings (SSSR count). The van der Waals surface area contributed by atoms with Crippen LogP contribution in [0.3, 0.4) is 0 Å². The van der Waals surface area contributed by atoms with Gasteiger partial charge in [-0.05, 0) is 24.7 Å². The van der Waals surface area contributed by atoms with Crippen LogP contribution < -0.4 is 0 Å². The van der Waals surface area contributed by atoms with E-state index in [1.807, 2.05) is 0 Å². The molecule has 9 heavy (non-hydrogen) atoms. The highest BCUT2D eigenvalue weighted by Crippen LogP contribution is 2.44. The van der Waals surface area contributed by atoms with Gasteiger partial charge in [0, 0.05) is 0 Å². The van der Waals surface area contributed by atoms with Crippen LogP contribution in [0.5, 0.6) is 0 Å². The molecule has 1 atom stereocenters. The SMILES string of the molecule is CC(C)C(C)C1(O)CC1. The third-order valence-electron chi connectivity index (χ3n) is 2.61. The number of rotatable bonds is 2. The van der Waals surface area contributed by atoms with Crippen molar-refractivity contribution in [1.82, 2.24) is 0 Å². The first kappa shape index (κ1) is 7.07. The van der Waals surface area contributed by atoms with Crippen LogP contribution in [-0.2, 0) is 0 Å². The lowest BCUT2D eigenvalue weighted by molar-refractivity contribution is 0.0672. The van der Waals surface area contributed by atoms with E-state index in [2.05, 4.69) is 20.8 Å². The normalized spacial score (nSPS) is 26.3. The Kier molecular flexibility index (Phi) is 1.55. The van der Waals surface area contributed by atoms with Gasteiger partial charge in [-0.1, -0.05) is 20.8 Å². The minimum Gasteiger partial charge on any atom is -0.390 e. The first-order valence-electron chi connectivity index (χ1n) is 3.78. The maximum absolute atomic E-state index is 9.57. The zero-order valence-corrected chi connectivity index (χ0v) is 6.52. The van der Waals surface area contributed by atoms with Crippen molar-refractivity contribution >= 4 is 0 Å². The van der Waals surface area contributed by atoms with E-state index in [0.717, 1.165) is 12.8 Å². The molecule has 1 aliphatic rings. The molecule has 0 radical (unpaired) electrons. The highest BCUT2D eigenvalue weighted by Gasteiger charge is 2.46. The van der Waals surface area contributed by atoms with E-state index in [0.29, 0.717) is 11.8 Å². The third kappa shape index (κ3) is 1.26. The molecule has 0 heterocycles. The van der Waals surface area contributed by atoms with E-state index in [1.54, 1.807) is 0 Å². The summed E-state index contributed by atoms with van der Waals surface area (Å²) in [6.45, 7) is 6.47. The van der Waals surface area contributed by atoms with E-state index < -0.39 is 0 Å². The predicted octanol–water partition coefficient (Wildman–Crippen LogP) is 1.80. The molecule has 0 saturated heterocycles. The standard InChI is InChI=1S/C8H16O/c1-6(2)7(3)8(9)4-5-8/h6-7,9H,4-5H2,1-3H3. The van der Waals surface area contributed by atoms with Crippen LogP contribution in [0, 0.1) is 11.8 Å². The summed E-state index contributed by atoms with van der Waals surface area (Å²) in [6, 6.07) is 0. The summed E-state index contributed by atoms with van der Waals surface area (Å²) in [5.41, 5.74) is -0.270. The van der Waals surface area contributed by atoms with Crippen molar-refractivity contribution in [2.75, 3.05) is 0 Å². The maximum atomic E-state index is 9.57. The van der Waals surface area contributed by atoms with Crippen LogP contribution in [0.25, 0.3) is 0 Å². The van der Waals surface area contributed by atoms with E-state index >= 15 is 0 Å². The molecule has 1 aliphatic carbocycles. The highest BCUT2D eigenvalue weighted by atomic mass is 16.3. The number of hydrogen-bond acceptors (Lipinski definition) is 1. The van der Waals surface area contributed by atoms with E-state index in [-0.39, 0.29) is 5.60 Å². The lowest BCUT2D eigenvalue weighted by atomic mass is 9.90. The molecule has 1 fully saturated rings. The fourth-order valence-electron chi connectivity index (χ4n) is 1.20. The summed E-state index contributed by atoms with van der Waals surface area (Å²) in [5.74, 6) is 1.11. The Balaban J connectivity index is 2.42. The molecule has 1 saturated carbocycles. The second-order valence-corrected chi connectivity index (χ2v) is 3.64. The second-order valence-electron chi connectivity index (χ2n) is 3.64. The van der Waals surface area contributed by atoms with Crippen molar-refractivity contribution in [2.24, 2.45) is 11.8 Å². The maximum Gasteiger partial charge on any atom is 0.0677 e. The van der Waals surface area contributed by atoms with Gasteiger partial charge in [0.1, 0.15) is 0 Å². The largest absolute Gasteiger partial charge is 0.390 e. The van der Waals surface area contributed by atoms with Crippen LogP contribution in [0.1, 0.15) is 33.6 Å². The Morgan fingerprint density at radius 2 is 1.67 bits per heavy atom. The van der Waals surface area contributed by atoms with E-state index in [4.69, 9.17) is 0 Å².